The van der Waals surface area contributed by atoms with Gasteiger partial charge in [-0.15, -0.1) is 0 Å². The highest BCUT2D eigenvalue weighted by Crippen LogP contribution is 2.26. The second kappa shape index (κ2) is 6.83. The molecule has 20 heavy (non-hydrogen) atoms. The molecule has 1 saturated carbocycles. The molecule has 1 fully saturated rings. The number of aromatic nitrogens is 1. The summed E-state index contributed by atoms with van der Waals surface area (Å²) < 4.78 is 26.3. The molecular weight excluding hydrogens is 266 g/mol. The average Bonchev–Trinajstić information content (AvgIpc) is 2.78. The van der Waals surface area contributed by atoms with Crippen molar-refractivity contribution >= 4 is 5.91 Å². The molecule has 0 atom stereocenters. The van der Waals surface area contributed by atoms with E-state index in [1.807, 2.05) is 0 Å². The van der Waals surface area contributed by atoms with E-state index in [4.69, 9.17) is 5.11 Å². The first-order valence-electron chi connectivity index (χ1n) is 6.98. The number of hydrogen-bond donors (Lipinski definition) is 1. The van der Waals surface area contributed by atoms with E-state index in [0.717, 1.165) is 19.3 Å². The molecule has 0 aliphatic heterocycles. The molecule has 1 aliphatic carbocycles. The number of alkyl halides is 2. The van der Waals surface area contributed by atoms with Crippen molar-refractivity contribution in [3.05, 3.63) is 24.0 Å². The Kier molecular flexibility index (Phi) is 5.11. The summed E-state index contributed by atoms with van der Waals surface area (Å²) in [7, 11) is 0. The van der Waals surface area contributed by atoms with Crippen LogP contribution in [0, 0.1) is 0 Å². The highest BCUT2D eigenvalue weighted by Gasteiger charge is 2.30. The SMILES string of the molecule is O=C(c1cccn1CC(F)F)N(CCCO)C1CCC1. The summed E-state index contributed by atoms with van der Waals surface area (Å²) in [5.41, 5.74) is 0.301. The second-order valence-corrected chi connectivity index (χ2v) is 5.10. The Hall–Kier alpha value is -1.43. The summed E-state index contributed by atoms with van der Waals surface area (Å²) in [6, 6.07) is 3.37. The monoisotopic (exact) mass is 286 g/mol. The van der Waals surface area contributed by atoms with Crippen LogP contribution in [0.4, 0.5) is 8.78 Å². The quantitative estimate of drug-likeness (QED) is 0.834. The highest BCUT2D eigenvalue weighted by atomic mass is 19.3. The van der Waals surface area contributed by atoms with Gasteiger partial charge in [-0.2, -0.15) is 0 Å². The van der Waals surface area contributed by atoms with Gasteiger partial charge in [-0.05, 0) is 37.8 Å². The Morgan fingerprint density at radius 1 is 1.50 bits per heavy atom. The van der Waals surface area contributed by atoms with E-state index < -0.39 is 13.0 Å². The Morgan fingerprint density at radius 3 is 2.80 bits per heavy atom. The molecule has 4 nitrogen and oxygen atoms in total. The Morgan fingerprint density at radius 2 is 2.25 bits per heavy atom. The number of carbonyl (C=O) groups is 1. The number of halogens is 2. The standard InChI is InChI=1S/C14H20F2N2O2/c15-13(16)10-17-7-2-6-12(17)14(20)18(8-3-9-19)11-4-1-5-11/h2,6-7,11,13,19H,1,3-5,8-10H2. The summed E-state index contributed by atoms with van der Waals surface area (Å²) in [6.45, 7) is 0.0288. The van der Waals surface area contributed by atoms with Crippen LogP contribution in [0.25, 0.3) is 0 Å². The number of hydrogen-bond acceptors (Lipinski definition) is 2. The van der Waals surface area contributed by atoms with Gasteiger partial charge in [-0.1, -0.05) is 0 Å². The summed E-state index contributed by atoms with van der Waals surface area (Å²) in [6.07, 6.45) is 2.52. The number of aliphatic hydroxyl groups excluding tert-OH is 1. The molecule has 0 aromatic carbocycles. The number of aliphatic hydroxyl groups is 1. The van der Waals surface area contributed by atoms with E-state index in [9.17, 15) is 13.6 Å². The first-order valence-corrected chi connectivity index (χ1v) is 6.98. The fourth-order valence-corrected chi connectivity index (χ4v) is 2.45. The first kappa shape index (κ1) is 15.0. The minimum Gasteiger partial charge on any atom is -0.396 e. The van der Waals surface area contributed by atoms with Crippen molar-refractivity contribution in [3.8, 4) is 0 Å². The van der Waals surface area contributed by atoms with E-state index in [-0.39, 0.29) is 18.6 Å². The molecule has 0 spiro atoms. The number of carbonyl (C=O) groups excluding carboxylic acids is 1. The average molecular weight is 286 g/mol. The van der Waals surface area contributed by atoms with Gasteiger partial charge >= 0.3 is 0 Å². The second-order valence-electron chi connectivity index (χ2n) is 5.10. The van der Waals surface area contributed by atoms with E-state index in [1.165, 1.54) is 10.8 Å². The summed E-state index contributed by atoms with van der Waals surface area (Å²) >= 11 is 0. The summed E-state index contributed by atoms with van der Waals surface area (Å²) in [5, 5.41) is 8.93. The fraction of sp³-hybridized carbons (Fsp3) is 0.643. The minimum atomic E-state index is -2.48. The van der Waals surface area contributed by atoms with Gasteiger partial charge in [0, 0.05) is 25.4 Å². The maximum Gasteiger partial charge on any atom is 0.270 e. The molecule has 2 rings (SSSR count). The van der Waals surface area contributed by atoms with Crippen LogP contribution in [-0.2, 0) is 6.54 Å². The maximum absolute atomic E-state index is 12.5. The zero-order valence-electron chi connectivity index (χ0n) is 11.3. The fourth-order valence-electron chi connectivity index (χ4n) is 2.45. The van der Waals surface area contributed by atoms with Gasteiger partial charge in [-0.25, -0.2) is 8.78 Å². The van der Waals surface area contributed by atoms with Crippen molar-refractivity contribution in [3.63, 3.8) is 0 Å². The molecule has 0 radical (unpaired) electrons. The lowest BCUT2D eigenvalue weighted by Crippen LogP contribution is -2.45. The molecule has 1 aromatic heterocycles. The van der Waals surface area contributed by atoms with Gasteiger partial charge in [0.2, 0.25) is 0 Å². The third-order valence-electron chi connectivity index (χ3n) is 3.72. The largest absolute Gasteiger partial charge is 0.396 e. The Bertz CT molecular complexity index is 444. The van der Waals surface area contributed by atoms with Crippen LogP contribution in [0.2, 0.25) is 0 Å². The maximum atomic E-state index is 12.5. The van der Waals surface area contributed by atoms with Crippen molar-refractivity contribution in [2.45, 2.75) is 44.7 Å². The molecule has 0 bridgehead atoms. The van der Waals surface area contributed by atoms with E-state index in [2.05, 4.69) is 0 Å². The zero-order valence-corrected chi connectivity index (χ0v) is 11.3. The first-order chi connectivity index (χ1) is 9.63. The van der Waals surface area contributed by atoms with Crippen LogP contribution < -0.4 is 0 Å². The van der Waals surface area contributed by atoms with Gasteiger partial charge < -0.3 is 14.6 Å². The molecule has 1 aromatic rings. The molecule has 0 saturated heterocycles. The summed E-state index contributed by atoms with van der Waals surface area (Å²) in [5.74, 6) is -0.214. The minimum absolute atomic E-state index is 0.0224. The molecule has 1 amide bonds. The third kappa shape index (κ3) is 3.36. The van der Waals surface area contributed by atoms with Crippen molar-refractivity contribution in [2.75, 3.05) is 13.2 Å². The Labute approximate surface area is 117 Å². The van der Waals surface area contributed by atoms with Gasteiger partial charge in [0.1, 0.15) is 5.69 Å². The normalized spacial score (nSPS) is 15.4. The van der Waals surface area contributed by atoms with E-state index >= 15 is 0 Å². The molecule has 1 N–H and O–H groups in total. The molecule has 0 unspecified atom stereocenters. The molecule has 1 aliphatic rings. The van der Waals surface area contributed by atoms with Crippen molar-refractivity contribution in [2.24, 2.45) is 0 Å². The van der Waals surface area contributed by atoms with Crippen LogP contribution in [0.1, 0.15) is 36.2 Å². The lowest BCUT2D eigenvalue weighted by molar-refractivity contribution is 0.0545. The summed E-state index contributed by atoms with van der Waals surface area (Å²) in [4.78, 5) is 14.2. The predicted octanol–water partition coefficient (Wildman–Crippen LogP) is 2.13. The zero-order chi connectivity index (χ0) is 14.5. The molecule has 112 valence electrons. The number of amides is 1. The van der Waals surface area contributed by atoms with Crippen LogP contribution in [0.3, 0.4) is 0 Å². The molecular formula is C14H20F2N2O2. The highest BCUT2D eigenvalue weighted by molar-refractivity contribution is 5.93. The van der Waals surface area contributed by atoms with E-state index in [0.29, 0.717) is 18.7 Å². The predicted molar refractivity (Wildman–Crippen MR) is 70.8 cm³/mol. The molecule has 6 heteroatoms. The third-order valence-corrected chi connectivity index (χ3v) is 3.72. The van der Waals surface area contributed by atoms with Gasteiger partial charge in [-0.3, -0.25) is 4.79 Å². The van der Waals surface area contributed by atoms with E-state index in [1.54, 1.807) is 17.0 Å². The van der Waals surface area contributed by atoms with Gasteiger partial charge in [0.05, 0.1) is 6.54 Å². The van der Waals surface area contributed by atoms with Crippen LogP contribution >= 0.6 is 0 Å². The van der Waals surface area contributed by atoms with Crippen molar-refractivity contribution < 1.29 is 18.7 Å². The smallest absolute Gasteiger partial charge is 0.270 e. The van der Waals surface area contributed by atoms with Crippen LogP contribution in [0.15, 0.2) is 18.3 Å². The number of nitrogens with zero attached hydrogens (tertiary/aromatic N) is 2. The lowest BCUT2D eigenvalue weighted by Gasteiger charge is -2.37. The Balaban J connectivity index is 2.11. The van der Waals surface area contributed by atoms with Gasteiger partial charge in [0.15, 0.2) is 0 Å². The molecule has 1 heterocycles. The van der Waals surface area contributed by atoms with Gasteiger partial charge in [0.25, 0.3) is 12.3 Å². The topological polar surface area (TPSA) is 45.5 Å². The van der Waals surface area contributed by atoms with Crippen LogP contribution in [0.5, 0.6) is 0 Å². The number of rotatable bonds is 7. The lowest BCUT2D eigenvalue weighted by atomic mass is 9.91. The van der Waals surface area contributed by atoms with Crippen LogP contribution in [-0.4, -0.2) is 46.1 Å². The van der Waals surface area contributed by atoms with Crippen molar-refractivity contribution in [1.82, 2.24) is 9.47 Å². The van der Waals surface area contributed by atoms with Crippen molar-refractivity contribution in [1.29, 1.82) is 0 Å².